The molecule has 0 aliphatic rings. The summed E-state index contributed by atoms with van der Waals surface area (Å²) >= 11 is 0. The quantitative estimate of drug-likeness (QED) is 0.0131. The lowest BCUT2D eigenvalue weighted by Gasteiger charge is -2.31. The van der Waals surface area contributed by atoms with Crippen LogP contribution in [0.15, 0.2) is 77.9 Å². The predicted molar refractivity (Wildman–Crippen MR) is 207 cm³/mol. The van der Waals surface area contributed by atoms with E-state index in [1.54, 1.807) is 29.2 Å². The van der Waals surface area contributed by atoms with E-state index in [1.807, 2.05) is 57.2 Å². The third-order valence-electron chi connectivity index (χ3n) is 8.13. The van der Waals surface area contributed by atoms with Crippen molar-refractivity contribution in [1.82, 2.24) is 10.0 Å². The summed E-state index contributed by atoms with van der Waals surface area (Å²) in [6.45, 7) is 7.42. The van der Waals surface area contributed by atoms with Gasteiger partial charge in [-0.05, 0) is 66.5 Å². The highest BCUT2D eigenvalue weighted by molar-refractivity contribution is 6.03. The van der Waals surface area contributed by atoms with E-state index in [0.717, 1.165) is 40.9 Å². The second kappa shape index (κ2) is 24.8. The number of phenolic OH excluding ortho intramolecular Hbond substituents is 1. The number of ether oxygens (including phenoxy) is 2. The second-order valence-corrected chi connectivity index (χ2v) is 12.9. The minimum atomic E-state index is -1.02. The maximum absolute atomic E-state index is 13.0. The van der Waals surface area contributed by atoms with E-state index in [9.17, 15) is 34.6 Å². The van der Waals surface area contributed by atoms with E-state index in [2.05, 4.69) is 14.8 Å². The number of hydrazone groups is 1. The van der Waals surface area contributed by atoms with E-state index in [1.165, 1.54) is 19.1 Å². The number of phenols is 1. The SMILES string of the molecule is CCCCC(=O)N(Cc1ccc(-c2ccccc2/C(N)=N/N(N)C(C)OC(=O)OCCCCO[N+](=O)[O-])cc1)C(C=O)C(C)C.O=[N+]([O-])OCc1cccc(O)c1. The number of hydrogen-bond acceptors (Lipinski definition) is 15. The number of nitrogens with two attached hydrogens (primary N) is 2. The number of unbranched alkanes of at least 4 members (excludes halogenated alkanes) is 2. The Bertz CT molecular complexity index is 1770. The largest absolute Gasteiger partial charge is 0.510 e. The summed E-state index contributed by atoms with van der Waals surface area (Å²) in [6.07, 6.45) is 1.55. The van der Waals surface area contributed by atoms with Crippen molar-refractivity contribution in [1.29, 1.82) is 0 Å². The highest BCUT2D eigenvalue weighted by atomic mass is 17.0. The molecule has 0 aliphatic carbocycles. The molecule has 3 aromatic carbocycles. The summed E-state index contributed by atoms with van der Waals surface area (Å²) < 4.78 is 10.1. The maximum Gasteiger partial charge on any atom is 0.510 e. The third-order valence-corrected chi connectivity index (χ3v) is 8.13. The molecule has 0 saturated heterocycles. The van der Waals surface area contributed by atoms with Crippen molar-refractivity contribution >= 4 is 24.2 Å². The zero-order chi connectivity index (χ0) is 42.3. The lowest BCUT2D eigenvalue weighted by atomic mass is 9.97. The second-order valence-electron chi connectivity index (χ2n) is 12.9. The summed E-state index contributed by atoms with van der Waals surface area (Å²) in [5.41, 5.74) is 9.96. The Hall–Kier alpha value is -6.50. The molecule has 0 saturated carbocycles. The first-order chi connectivity index (χ1) is 27.2. The van der Waals surface area contributed by atoms with Gasteiger partial charge in [-0.3, -0.25) is 4.79 Å². The Morgan fingerprint density at radius 3 is 2.19 bits per heavy atom. The molecule has 57 heavy (non-hydrogen) atoms. The van der Waals surface area contributed by atoms with Gasteiger partial charge in [-0.15, -0.1) is 25.3 Å². The fraction of sp³-hybridized carbons (Fsp3) is 0.421. The Morgan fingerprint density at radius 1 is 0.912 bits per heavy atom. The van der Waals surface area contributed by atoms with Gasteiger partial charge in [-0.1, -0.05) is 87.9 Å². The monoisotopic (exact) mass is 797 g/mol. The van der Waals surface area contributed by atoms with E-state index in [4.69, 9.17) is 26.2 Å². The van der Waals surface area contributed by atoms with Crippen LogP contribution in [0.4, 0.5) is 4.79 Å². The van der Waals surface area contributed by atoms with Crippen LogP contribution in [0, 0.1) is 26.1 Å². The molecule has 0 fully saturated rings. The molecule has 5 N–H and O–H groups in total. The van der Waals surface area contributed by atoms with Gasteiger partial charge in [0.1, 0.15) is 18.6 Å². The van der Waals surface area contributed by atoms with Crippen LogP contribution >= 0.6 is 0 Å². The lowest BCUT2D eigenvalue weighted by molar-refractivity contribution is -0.763. The normalized spacial score (nSPS) is 11.9. The first kappa shape index (κ1) is 46.7. The van der Waals surface area contributed by atoms with Crippen molar-refractivity contribution in [2.24, 2.45) is 22.6 Å². The average Bonchev–Trinajstić information content (AvgIpc) is 3.17. The van der Waals surface area contributed by atoms with E-state index in [0.29, 0.717) is 36.9 Å². The molecule has 0 spiro atoms. The van der Waals surface area contributed by atoms with Crippen LogP contribution in [0.1, 0.15) is 76.5 Å². The first-order valence-corrected chi connectivity index (χ1v) is 18.1. The van der Waals surface area contributed by atoms with Gasteiger partial charge in [-0.2, -0.15) is 5.12 Å². The first-order valence-electron chi connectivity index (χ1n) is 18.1. The fourth-order valence-corrected chi connectivity index (χ4v) is 5.13. The van der Waals surface area contributed by atoms with Crippen molar-refractivity contribution in [2.75, 3.05) is 13.2 Å². The smallest absolute Gasteiger partial charge is 0.508 e. The van der Waals surface area contributed by atoms with Gasteiger partial charge in [-0.25, -0.2) is 10.6 Å². The molecule has 2 unspecified atom stereocenters. The number of amidine groups is 1. The van der Waals surface area contributed by atoms with Crippen LogP contribution in [-0.2, 0) is 41.9 Å². The molecule has 1 amide bonds. The van der Waals surface area contributed by atoms with Gasteiger partial charge in [0.25, 0.3) is 10.2 Å². The van der Waals surface area contributed by atoms with Crippen LogP contribution in [-0.4, -0.2) is 75.0 Å². The number of amides is 1. The van der Waals surface area contributed by atoms with E-state index in [-0.39, 0.29) is 43.2 Å². The van der Waals surface area contributed by atoms with Gasteiger partial charge in [0, 0.05) is 18.5 Å². The molecular weight excluding hydrogens is 746 g/mol. The van der Waals surface area contributed by atoms with Crippen LogP contribution in [0.5, 0.6) is 5.75 Å². The Kier molecular flexibility index (Phi) is 20.3. The highest BCUT2D eigenvalue weighted by Crippen LogP contribution is 2.25. The summed E-state index contributed by atoms with van der Waals surface area (Å²) in [4.78, 5) is 66.7. The lowest BCUT2D eigenvalue weighted by Crippen LogP contribution is -2.43. The van der Waals surface area contributed by atoms with Crippen molar-refractivity contribution < 1.29 is 48.8 Å². The number of benzene rings is 3. The minimum Gasteiger partial charge on any atom is -0.508 e. The number of rotatable bonds is 22. The molecule has 19 heteroatoms. The molecule has 0 aliphatic heterocycles. The molecular formula is C38H51N7O12. The van der Waals surface area contributed by atoms with Crippen molar-refractivity contribution in [3.63, 3.8) is 0 Å². The van der Waals surface area contributed by atoms with Crippen molar-refractivity contribution in [3.05, 3.63) is 110 Å². The van der Waals surface area contributed by atoms with Gasteiger partial charge < -0.3 is 39.7 Å². The molecule has 3 rings (SSSR count). The minimum absolute atomic E-state index is 0.0165. The number of aldehydes is 1. The van der Waals surface area contributed by atoms with Gasteiger partial charge in [0.15, 0.2) is 5.84 Å². The van der Waals surface area contributed by atoms with Crippen molar-refractivity contribution in [2.45, 2.75) is 85.2 Å². The molecule has 0 radical (unpaired) electrons. The molecule has 0 aromatic heterocycles. The van der Waals surface area contributed by atoms with Gasteiger partial charge >= 0.3 is 6.16 Å². The van der Waals surface area contributed by atoms with Crippen LogP contribution in [0.3, 0.4) is 0 Å². The third kappa shape index (κ3) is 17.2. The van der Waals surface area contributed by atoms with Crippen LogP contribution in [0.25, 0.3) is 11.1 Å². The van der Waals surface area contributed by atoms with Crippen LogP contribution < -0.4 is 11.6 Å². The zero-order valence-electron chi connectivity index (χ0n) is 32.4. The Labute approximate surface area is 330 Å². The molecule has 2 atom stereocenters. The number of hydrazine groups is 1. The Balaban J connectivity index is 0.000000793. The maximum atomic E-state index is 13.0. The molecule has 3 aromatic rings. The van der Waals surface area contributed by atoms with Gasteiger partial charge in [0.2, 0.25) is 12.1 Å². The standard InChI is InChI=1S/C31H44N6O8.C7H7NO4/c1-5-6-13-29(39)35(28(21-38)22(2)3)20-24-14-16-25(17-15-24)26-11-7-8-12-27(26)30(32)34-36(33)23(4)45-31(40)43-18-9-10-19-44-37(41)42;9-7-3-1-2-6(4-7)5-12-8(10)11/h7-8,11-12,14-17,21-23,28H,5-6,9-10,13,18-20,33H2,1-4H3,(H2,32,34);1-4,9H,5H2. The van der Waals surface area contributed by atoms with Gasteiger partial charge in [0.05, 0.1) is 19.3 Å². The van der Waals surface area contributed by atoms with E-state index < -0.39 is 28.6 Å². The summed E-state index contributed by atoms with van der Waals surface area (Å²) in [6, 6.07) is 20.6. The van der Waals surface area contributed by atoms with Crippen LogP contribution in [0.2, 0.25) is 0 Å². The fourth-order valence-electron chi connectivity index (χ4n) is 5.13. The molecule has 19 nitrogen and oxygen atoms in total. The molecule has 0 bridgehead atoms. The van der Waals surface area contributed by atoms with Crippen molar-refractivity contribution in [3.8, 4) is 16.9 Å². The molecule has 0 heterocycles. The number of aromatic hydroxyl groups is 1. The molecule has 310 valence electrons. The number of nitrogens with zero attached hydrogens (tertiary/aromatic N) is 5. The zero-order valence-corrected chi connectivity index (χ0v) is 32.4. The average molecular weight is 798 g/mol. The topological polar surface area (TPSA) is 266 Å². The number of hydrogen-bond donors (Lipinski definition) is 3. The number of carbonyl (C=O) groups is 3. The predicted octanol–water partition coefficient (Wildman–Crippen LogP) is 5.48. The summed E-state index contributed by atoms with van der Waals surface area (Å²) in [5, 5.41) is 32.2. The Morgan fingerprint density at radius 2 is 1.58 bits per heavy atom. The van der Waals surface area contributed by atoms with E-state index >= 15 is 0 Å². The number of carbonyl (C=O) groups excluding carboxylic acids is 3. The summed E-state index contributed by atoms with van der Waals surface area (Å²) in [7, 11) is 0. The highest BCUT2D eigenvalue weighted by Gasteiger charge is 2.26. The summed E-state index contributed by atoms with van der Waals surface area (Å²) in [5.74, 6) is 6.07.